The number of aliphatic carboxylic acids is 1. The maximum Gasteiger partial charge on any atom is 0.329 e. The number of rotatable bonds is 3. The van der Waals surface area contributed by atoms with Gasteiger partial charge >= 0.3 is 5.97 Å². The highest BCUT2D eigenvalue weighted by atomic mass is 16.5. The van der Waals surface area contributed by atoms with Crippen LogP contribution in [0.2, 0.25) is 0 Å². The molecule has 0 spiro atoms. The molecule has 6 nitrogen and oxygen atoms in total. The zero-order chi connectivity index (χ0) is 13.5. The number of carbonyl (C=O) groups excluding carboxylic acids is 1. The Balaban J connectivity index is 1.81. The normalized spacial score (nSPS) is 20.2. The van der Waals surface area contributed by atoms with Crippen molar-refractivity contribution in [2.45, 2.75) is 50.5 Å². The van der Waals surface area contributed by atoms with Gasteiger partial charge in [-0.2, -0.15) is 0 Å². The van der Waals surface area contributed by atoms with Crippen molar-refractivity contribution in [3.63, 3.8) is 0 Å². The van der Waals surface area contributed by atoms with Crippen molar-refractivity contribution in [1.29, 1.82) is 0 Å². The molecule has 1 heterocycles. The number of hydrogen-bond donors (Lipinski definition) is 2. The molecule has 2 N–H and O–H groups in total. The summed E-state index contributed by atoms with van der Waals surface area (Å²) in [6.07, 6.45) is 5.42. The Bertz CT molecular complexity index is 531. The minimum Gasteiger partial charge on any atom is -0.480 e. The fourth-order valence-electron chi connectivity index (χ4n) is 2.76. The Kier molecular flexibility index (Phi) is 2.80. The molecule has 19 heavy (non-hydrogen) atoms. The van der Waals surface area contributed by atoms with E-state index in [0.717, 1.165) is 43.4 Å². The third-order valence-electron chi connectivity index (χ3n) is 4.13. The van der Waals surface area contributed by atoms with E-state index in [4.69, 9.17) is 4.52 Å². The maximum absolute atomic E-state index is 12.2. The average Bonchev–Trinajstić information content (AvgIpc) is 2.77. The van der Waals surface area contributed by atoms with Crippen molar-refractivity contribution in [2.24, 2.45) is 0 Å². The lowest BCUT2D eigenvalue weighted by Crippen LogP contribution is -2.59. The van der Waals surface area contributed by atoms with Gasteiger partial charge in [-0.1, -0.05) is 5.16 Å². The van der Waals surface area contributed by atoms with Gasteiger partial charge in [-0.15, -0.1) is 0 Å². The molecule has 0 radical (unpaired) electrons. The van der Waals surface area contributed by atoms with E-state index in [1.165, 1.54) is 0 Å². The largest absolute Gasteiger partial charge is 0.480 e. The van der Waals surface area contributed by atoms with Crippen LogP contribution < -0.4 is 5.32 Å². The smallest absolute Gasteiger partial charge is 0.329 e. The zero-order valence-corrected chi connectivity index (χ0v) is 10.6. The predicted octanol–water partition coefficient (Wildman–Crippen LogP) is 1.29. The molecule has 1 saturated carbocycles. The molecule has 3 rings (SSSR count). The molecule has 1 fully saturated rings. The zero-order valence-electron chi connectivity index (χ0n) is 10.6. The second-order valence-electron chi connectivity index (χ2n) is 5.33. The van der Waals surface area contributed by atoms with Gasteiger partial charge in [-0.3, -0.25) is 4.79 Å². The van der Waals surface area contributed by atoms with E-state index in [9.17, 15) is 14.7 Å². The molecule has 0 aliphatic heterocycles. The van der Waals surface area contributed by atoms with Gasteiger partial charge in [0, 0.05) is 12.0 Å². The van der Waals surface area contributed by atoms with Crippen molar-refractivity contribution < 1.29 is 19.2 Å². The first kappa shape index (κ1) is 12.2. The van der Waals surface area contributed by atoms with Crippen LogP contribution in [0.3, 0.4) is 0 Å². The highest BCUT2D eigenvalue weighted by Crippen LogP contribution is 2.33. The van der Waals surface area contributed by atoms with Crippen molar-refractivity contribution in [3.8, 4) is 0 Å². The molecule has 2 aliphatic rings. The summed E-state index contributed by atoms with van der Waals surface area (Å²) in [6, 6.07) is 0. The minimum absolute atomic E-state index is 0.266. The van der Waals surface area contributed by atoms with Gasteiger partial charge in [0.05, 0.1) is 0 Å². The first-order valence-corrected chi connectivity index (χ1v) is 6.66. The minimum atomic E-state index is -1.10. The average molecular weight is 264 g/mol. The first-order valence-electron chi connectivity index (χ1n) is 6.66. The van der Waals surface area contributed by atoms with Gasteiger partial charge in [-0.25, -0.2) is 4.79 Å². The van der Waals surface area contributed by atoms with E-state index >= 15 is 0 Å². The SMILES string of the molecule is O=C(NC1(C(=O)O)CCC1)c1noc2c1CCCC2. The topological polar surface area (TPSA) is 92.4 Å². The van der Waals surface area contributed by atoms with Crippen LogP contribution in [0.4, 0.5) is 0 Å². The van der Waals surface area contributed by atoms with Crippen molar-refractivity contribution in [2.75, 3.05) is 0 Å². The summed E-state index contributed by atoms with van der Waals surface area (Å²) in [5.74, 6) is -0.618. The van der Waals surface area contributed by atoms with Gasteiger partial charge in [0.2, 0.25) is 0 Å². The van der Waals surface area contributed by atoms with Gasteiger partial charge in [0.15, 0.2) is 5.69 Å². The second kappa shape index (κ2) is 4.36. The van der Waals surface area contributed by atoms with Crippen LogP contribution in [-0.4, -0.2) is 27.7 Å². The van der Waals surface area contributed by atoms with Gasteiger partial charge in [0.25, 0.3) is 5.91 Å². The fraction of sp³-hybridized carbons (Fsp3) is 0.615. The standard InChI is InChI=1S/C13H16N2O4/c16-11(14-13(12(17)18)6-3-7-13)10-8-4-1-2-5-9(8)19-15-10/h1-7H2,(H,14,16)(H,17,18). The molecule has 0 atom stereocenters. The number of nitrogens with zero attached hydrogens (tertiary/aromatic N) is 1. The molecular weight excluding hydrogens is 248 g/mol. The van der Waals surface area contributed by atoms with Crippen LogP contribution in [0.25, 0.3) is 0 Å². The Morgan fingerprint density at radius 3 is 2.58 bits per heavy atom. The number of hydrogen-bond acceptors (Lipinski definition) is 4. The fourth-order valence-corrected chi connectivity index (χ4v) is 2.76. The van der Waals surface area contributed by atoms with Crippen LogP contribution in [0.5, 0.6) is 0 Å². The Labute approximate surface area is 110 Å². The van der Waals surface area contributed by atoms with Gasteiger partial charge < -0.3 is 14.9 Å². The lowest BCUT2D eigenvalue weighted by Gasteiger charge is -2.37. The number of aryl methyl sites for hydroxylation is 1. The Morgan fingerprint density at radius 1 is 1.21 bits per heavy atom. The van der Waals surface area contributed by atoms with Gasteiger partial charge in [-0.05, 0) is 38.5 Å². The molecule has 0 aromatic carbocycles. The molecule has 6 heteroatoms. The van der Waals surface area contributed by atoms with Crippen LogP contribution >= 0.6 is 0 Å². The molecule has 0 saturated heterocycles. The number of nitrogens with one attached hydrogen (secondary N) is 1. The van der Waals surface area contributed by atoms with Crippen LogP contribution in [0, 0.1) is 0 Å². The lowest BCUT2D eigenvalue weighted by atomic mass is 9.76. The third-order valence-corrected chi connectivity index (χ3v) is 4.13. The number of aromatic nitrogens is 1. The summed E-state index contributed by atoms with van der Waals surface area (Å²) in [4.78, 5) is 23.4. The van der Waals surface area contributed by atoms with E-state index < -0.39 is 17.4 Å². The van der Waals surface area contributed by atoms with Crippen LogP contribution in [0.15, 0.2) is 4.52 Å². The molecule has 1 amide bonds. The van der Waals surface area contributed by atoms with Crippen LogP contribution in [0.1, 0.15) is 53.9 Å². The summed E-state index contributed by atoms with van der Waals surface area (Å²) in [7, 11) is 0. The van der Waals surface area contributed by atoms with E-state index in [1.807, 2.05) is 0 Å². The van der Waals surface area contributed by atoms with Crippen molar-refractivity contribution >= 4 is 11.9 Å². The van der Waals surface area contributed by atoms with E-state index in [-0.39, 0.29) is 5.69 Å². The summed E-state index contributed by atoms with van der Waals surface area (Å²) in [5.41, 5.74) is 0.0169. The molecule has 102 valence electrons. The summed E-state index contributed by atoms with van der Waals surface area (Å²) in [5, 5.41) is 15.7. The van der Waals surface area contributed by atoms with E-state index in [1.54, 1.807) is 0 Å². The second-order valence-corrected chi connectivity index (χ2v) is 5.33. The Morgan fingerprint density at radius 2 is 1.95 bits per heavy atom. The molecule has 0 bridgehead atoms. The summed E-state index contributed by atoms with van der Waals surface area (Å²) >= 11 is 0. The third kappa shape index (κ3) is 1.91. The highest BCUT2D eigenvalue weighted by molar-refractivity contribution is 5.97. The lowest BCUT2D eigenvalue weighted by molar-refractivity contribution is -0.148. The predicted molar refractivity (Wildman–Crippen MR) is 64.8 cm³/mol. The van der Waals surface area contributed by atoms with E-state index in [2.05, 4.69) is 10.5 Å². The molecule has 2 aliphatic carbocycles. The van der Waals surface area contributed by atoms with Crippen molar-refractivity contribution in [3.05, 3.63) is 17.0 Å². The molecular formula is C13H16N2O4. The molecule has 0 unspecified atom stereocenters. The van der Waals surface area contributed by atoms with E-state index in [0.29, 0.717) is 12.8 Å². The summed E-state index contributed by atoms with van der Waals surface area (Å²) in [6.45, 7) is 0. The number of carboxylic acids is 1. The van der Waals surface area contributed by atoms with Crippen molar-refractivity contribution in [1.82, 2.24) is 10.5 Å². The number of carbonyl (C=O) groups is 2. The first-order chi connectivity index (χ1) is 9.12. The Hall–Kier alpha value is -1.85. The quantitative estimate of drug-likeness (QED) is 0.858. The maximum atomic E-state index is 12.2. The number of carboxylic acid groups (broad SMARTS) is 1. The highest BCUT2D eigenvalue weighted by Gasteiger charge is 2.46. The molecule has 1 aromatic rings. The molecule has 1 aromatic heterocycles. The van der Waals surface area contributed by atoms with Gasteiger partial charge in [0.1, 0.15) is 11.3 Å². The number of fused-ring (bicyclic) bond motifs is 1. The number of amides is 1. The monoisotopic (exact) mass is 264 g/mol. The summed E-state index contributed by atoms with van der Waals surface area (Å²) < 4.78 is 5.18. The van der Waals surface area contributed by atoms with Crippen LogP contribution in [-0.2, 0) is 17.6 Å².